The third kappa shape index (κ3) is 3.59. The van der Waals surface area contributed by atoms with Gasteiger partial charge in [-0.1, -0.05) is 79.9 Å². The number of nitrogens with zero attached hydrogens (tertiary/aromatic N) is 1. The molecule has 0 amide bonds. The van der Waals surface area contributed by atoms with E-state index in [9.17, 15) is 0 Å². The molecule has 2 aliphatic rings. The Bertz CT molecular complexity index is 1040. The molecule has 1 saturated carbocycles. The summed E-state index contributed by atoms with van der Waals surface area (Å²) >= 11 is 0. The Morgan fingerprint density at radius 3 is 2.03 bits per heavy atom. The zero-order chi connectivity index (χ0) is 20.2. The van der Waals surface area contributed by atoms with Gasteiger partial charge in [-0.25, -0.2) is 0 Å². The van der Waals surface area contributed by atoms with Gasteiger partial charge in [0.15, 0.2) is 0 Å². The van der Waals surface area contributed by atoms with Crippen LogP contribution in [0.3, 0.4) is 0 Å². The second-order valence-corrected chi connectivity index (χ2v) is 8.47. The van der Waals surface area contributed by atoms with Crippen molar-refractivity contribution in [2.45, 2.75) is 37.5 Å². The van der Waals surface area contributed by atoms with Gasteiger partial charge in [0, 0.05) is 24.4 Å². The van der Waals surface area contributed by atoms with Crippen LogP contribution in [-0.2, 0) is 5.41 Å². The standard InChI is InChI=1S/C28H28N2/c1-2-16-28(17-3-1,26-12-8-22(9-13-26)24-6-4-18-29-20-24)27-14-10-23(11-15-27)25-7-5-19-30-21-25/h4-15,18-20,30H,1-3,16-17,21H2. The molecule has 3 aromatic rings. The molecule has 5 rings (SSSR count). The van der Waals surface area contributed by atoms with Crippen molar-refractivity contribution in [3.8, 4) is 11.1 Å². The van der Waals surface area contributed by atoms with Crippen molar-refractivity contribution in [1.29, 1.82) is 0 Å². The van der Waals surface area contributed by atoms with E-state index in [-0.39, 0.29) is 5.41 Å². The van der Waals surface area contributed by atoms with E-state index in [0.717, 1.165) is 6.54 Å². The van der Waals surface area contributed by atoms with E-state index in [2.05, 4.69) is 77.1 Å². The first-order valence-electron chi connectivity index (χ1n) is 11.1. The Labute approximate surface area is 179 Å². The number of aromatic nitrogens is 1. The summed E-state index contributed by atoms with van der Waals surface area (Å²) in [6.07, 6.45) is 16.5. The highest BCUT2D eigenvalue weighted by atomic mass is 14.8. The van der Waals surface area contributed by atoms with Crippen molar-refractivity contribution in [3.63, 3.8) is 0 Å². The van der Waals surface area contributed by atoms with Gasteiger partial charge in [0.2, 0.25) is 0 Å². The highest BCUT2D eigenvalue weighted by Crippen LogP contribution is 2.45. The molecule has 30 heavy (non-hydrogen) atoms. The number of benzene rings is 2. The Morgan fingerprint density at radius 1 is 0.733 bits per heavy atom. The maximum Gasteiger partial charge on any atom is 0.0401 e. The molecule has 150 valence electrons. The Hall–Kier alpha value is -3.13. The van der Waals surface area contributed by atoms with Crippen molar-refractivity contribution < 1.29 is 0 Å². The van der Waals surface area contributed by atoms with Crippen molar-refractivity contribution in [3.05, 3.63) is 108 Å². The van der Waals surface area contributed by atoms with Crippen molar-refractivity contribution >= 4 is 5.57 Å². The lowest BCUT2D eigenvalue weighted by Crippen LogP contribution is -2.30. The van der Waals surface area contributed by atoms with Crippen molar-refractivity contribution in [2.24, 2.45) is 0 Å². The molecule has 2 heterocycles. The van der Waals surface area contributed by atoms with E-state index in [1.54, 1.807) is 0 Å². The number of rotatable bonds is 4. The normalized spacial score (nSPS) is 17.8. The van der Waals surface area contributed by atoms with Gasteiger partial charge in [0.1, 0.15) is 0 Å². The molecule has 0 spiro atoms. The van der Waals surface area contributed by atoms with Crippen LogP contribution in [0.15, 0.2) is 91.4 Å². The number of hydrogen-bond acceptors (Lipinski definition) is 2. The van der Waals surface area contributed by atoms with E-state index in [1.807, 2.05) is 24.7 Å². The fourth-order valence-electron chi connectivity index (χ4n) is 5.08. The van der Waals surface area contributed by atoms with Gasteiger partial charge >= 0.3 is 0 Å². The second kappa shape index (κ2) is 8.31. The van der Waals surface area contributed by atoms with Crippen LogP contribution in [0, 0.1) is 0 Å². The molecule has 1 aliphatic carbocycles. The van der Waals surface area contributed by atoms with Crippen LogP contribution < -0.4 is 5.32 Å². The number of pyridine rings is 1. The third-order valence-electron chi connectivity index (χ3n) is 6.75. The summed E-state index contributed by atoms with van der Waals surface area (Å²) in [6.45, 7) is 0.900. The monoisotopic (exact) mass is 392 g/mol. The zero-order valence-electron chi connectivity index (χ0n) is 17.4. The summed E-state index contributed by atoms with van der Waals surface area (Å²) in [6, 6.07) is 22.7. The summed E-state index contributed by atoms with van der Waals surface area (Å²) in [5, 5.41) is 3.31. The van der Waals surface area contributed by atoms with Gasteiger partial charge < -0.3 is 5.32 Å². The third-order valence-corrected chi connectivity index (χ3v) is 6.75. The average molecular weight is 393 g/mol. The minimum absolute atomic E-state index is 0.128. The Morgan fingerprint density at radius 2 is 1.43 bits per heavy atom. The Kier molecular flexibility index (Phi) is 5.23. The summed E-state index contributed by atoms with van der Waals surface area (Å²) in [5.41, 5.74) is 8.11. The predicted molar refractivity (Wildman–Crippen MR) is 125 cm³/mol. The molecule has 0 bridgehead atoms. The molecule has 2 heteroatoms. The maximum absolute atomic E-state index is 4.27. The molecular formula is C28H28N2. The van der Waals surface area contributed by atoms with Gasteiger partial charge in [-0.3, -0.25) is 4.98 Å². The first-order valence-corrected chi connectivity index (χ1v) is 11.1. The molecule has 1 fully saturated rings. The second-order valence-electron chi connectivity index (χ2n) is 8.47. The first kappa shape index (κ1) is 18.9. The van der Waals surface area contributed by atoms with Gasteiger partial charge in [-0.05, 0) is 64.6 Å². The van der Waals surface area contributed by atoms with Crippen molar-refractivity contribution in [1.82, 2.24) is 10.3 Å². The molecule has 0 atom stereocenters. The minimum atomic E-state index is 0.128. The van der Waals surface area contributed by atoms with Crippen LogP contribution >= 0.6 is 0 Å². The number of hydrogen-bond donors (Lipinski definition) is 1. The lowest BCUT2D eigenvalue weighted by molar-refractivity contribution is 0.346. The molecule has 0 unspecified atom stereocenters. The van der Waals surface area contributed by atoms with E-state index in [4.69, 9.17) is 0 Å². The quantitative estimate of drug-likeness (QED) is 0.548. The predicted octanol–water partition coefficient (Wildman–Crippen LogP) is 6.50. The topological polar surface area (TPSA) is 24.9 Å². The van der Waals surface area contributed by atoms with E-state index in [1.165, 1.54) is 65.5 Å². The van der Waals surface area contributed by atoms with Crippen LogP contribution in [0.1, 0.15) is 48.8 Å². The van der Waals surface area contributed by atoms with Crippen LogP contribution in [-0.4, -0.2) is 11.5 Å². The Balaban J connectivity index is 1.49. The molecule has 1 aromatic heterocycles. The molecule has 2 nitrogen and oxygen atoms in total. The molecule has 1 aliphatic heterocycles. The lowest BCUT2D eigenvalue weighted by atomic mass is 9.65. The van der Waals surface area contributed by atoms with Crippen LogP contribution in [0.4, 0.5) is 0 Å². The fourth-order valence-corrected chi connectivity index (χ4v) is 5.08. The smallest absolute Gasteiger partial charge is 0.0401 e. The largest absolute Gasteiger partial charge is 0.387 e. The summed E-state index contributed by atoms with van der Waals surface area (Å²) < 4.78 is 0. The zero-order valence-corrected chi connectivity index (χ0v) is 17.4. The van der Waals surface area contributed by atoms with Gasteiger partial charge in [0.25, 0.3) is 0 Å². The van der Waals surface area contributed by atoms with E-state index >= 15 is 0 Å². The van der Waals surface area contributed by atoms with E-state index < -0.39 is 0 Å². The molecule has 2 aromatic carbocycles. The molecule has 0 radical (unpaired) electrons. The molecule has 1 N–H and O–H groups in total. The van der Waals surface area contributed by atoms with Crippen LogP contribution in [0.5, 0.6) is 0 Å². The van der Waals surface area contributed by atoms with E-state index in [0.29, 0.717) is 0 Å². The summed E-state index contributed by atoms with van der Waals surface area (Å²) in [4.78, 5) is 4.27. The highest BCUT2D eigenvalue weighted by Gasteiger charge is 2.35. The molecular weight excluding hydrogens is 364 g/mol. The van der Waals surface area contributed by atoms with Gasteiger partial charge in [0.05, 0.1) is 0 Å². The van der Waals surface area contributed by atoms with Gasteiger partial charge in [-0.2, -0.15) is 0 Å². The summed E-state index contributed by atoms with van der Waals surface area (Å²) in [5.74, 6) is 0. The number of allylic oxidation sites excluding steroid dienone is 2. The fraction of sp³-hybridized carbons (Fsp3) is 0.250. The van der Waals surface area contributed by atoms with Crippen LogP contribution in [0.25, 0.3) is 16.7 Å². The van der Waals surface area contributed by atoms with Crippen molar-refractivity contribution in [2.75, 3.05) is 6.54 Å². The summed E-state index contributed by atoms with van der Waals surface area (Å²) in [7, 11) is 0. The number of nitrogens with one attached hydrogen (secondary N) is 1. The minimum Gasteiger partial charge on any atom is -0.387 e. The lowest BCUT2D eigenvalue weighted by Gasteiger charge is -2.39. The van der Waals surface area contributed by atoms with Crippen LogP contribution in [0.2, 0.25) is 0 Å². The maximum atomic E-state index is 4.27. The SMILES string of the molecule is C1=CNCC(c2ccc(C3(c4ccc(-c5cccnc5)cc4)CCCCC3)cc2)=C1. The highest BCUT2D eigenvalue weighted by molar-refractivity contribution is 5.70. The molecule has 0 saturated heterocycles. The van der Waals surface area contributed by atoms with Gasteiger partial charge in [-0.15, -0.1) is 0 Å². The average Bonchev–Trinajstić information content (AvgIpc) is 2.86. The first-order chi connectivity index (χ1) is 14.9. The number of dihydropyridines is 1.